The third-order valence-electron chi connectivity index (χ3n) is 0. The van der Waals surface area contributed by atoms with Gasteiger partial charge in [0, 0.05) is 0 Å². The van der Waals surface area contributed by atoms with Crippen LogP contribution in [0.15, 0.2) is 0 Å². The van der Waals surface area contributed by atoms with Crippen LogP contribution in [0.2, 0.25) is 0 Å². The Morgan fingerprint density at radius 1 is 0.800 bits per heavy atom. The first kappa shape index (κ1) is 39.5. The minimum Gasteiger partial charge on any atom is -0.569 e. The van der Waals surface area contributed by atoms with Crippen LogP contribution in [0.1, 0.15) is 0 Å². The molecule has 30 valence electrons. The van der Waals surface area contributed by atoms with Gasteiger partial charge >= 0.3 is 0 Å². The Bertz CT molecular complexity index is 7.61. The number of rotatable bonds is 0. The molecule has 2 nitrogen and oxygen atoms in total. The van der Waals surface area contributed by atoms with E-state index in [9.17, 15) is 0 Å². The SMILES string of the molecule is [CH2-]O.[CH2-]O.[Rf]. The fraction of sp³-hybridized carbons (Fsp3) is 0. The summed E-state index contributed by atoms with van der Waals surface area (Å²) < 4.78 is 0. The second-order valence-electron chi connectivity index (χ2n) is 0. The van der Waals surface area contributed by atoms with Crippen molar-refractivity contribution in [3.8, 4) is 0 Å². The van der Waals surface area contributed by atoms with Crippen molar-refractivity contribution in [1.82, 2.24) is 0 Å². The summed E-state index contributed by atoms with van der Waals surface area (Å²) in [6.45, 7) is 0. The van der Waals surface area contributed by atoms with Gasteiger partial charge in [0.15, 0.2) is 0 Å². The molecule has 0 aliphatic carbocycles. The molecule has 0 bridgehead atoms. The molecule has 0 heterocycles. The van der Waals surface area contributed by atoms with Crippen LogP contribution < -0.4 is 0 Å². The van der Waals surface area contributed by atoms with Crippen molar-refractivity contribution in [3.63, 3.8) is 0 Å². The predicted octanol–water partition coefficient (Wildman–Crippen LogP) is 0.301. The van der Waals surface area contributed by atoms with E-state index in [1.54, 1.807) is 0 Å². The van der Waals surface area contributed by atoms with Crippen molar-refractivity contribution >= 4 is 0 Å². The fourth-order valence-corrected chi connectivity index (χ4v) is 0. The van der Waals surface area contributed by atoms with Crippen molar-refractivity contribution in [2.24, 2.45) is 0 Å². The van der Waals surface area contributed by atoms with Crippen molar-refractivity contribution < 1.29 is 10.2 Å². The Morgan fingerprint density at radius 2 is 0.800 bits per heavy atom. The second kappa shape index (κ2) is 9.23. The van der Waals surface area contributed by atoms with Gasteiger partial charge in [-0.1, -0.05) is 0 Å². The van der Waals surface area contributed by atoms with Crippen LogP contribution in [0.4, 0.5) is 0 Å². The molecule has 0 saturated carbocycles. The quantitative estimate of drug-likeness (QED) is 0.628. The van der Waals surface area contributed by atoms with Crippen molar-refractivity contribution in [2.45, 2.75) is 0 Å². The summed E-state index contributed by atoms with van der Waals surface area (Å²) in [6, 6.07) is 0. The third-order valence-corrected chi connectivity index (χ3v) is 0. The molecule has 3 heteroatoms. The standard InChI is InChI=1S/2CH3O.Rf/c2*1-2;/h2*2H,1H2;/q2*-1;. The molecule has 0 aliphatic heterocycles. The van der Waals surface area contributed by atoms with Crippen molar-refractivity contribution in [3.05, 3.63) is 14.2 Å². The molecule has 0 atom stereocenters. The van der Waals surface area contributed by atoms with Gasteiger partial charge in [-0.25, -0.2) is 14.2 Å². The monoisotopic (exact) mass is 329 g/mol. The summed E-state index contributed by atoms with van der Waals surface area (Å²) >= 11 is 0. The van der Waals surface area contributed by atoms with Gasteiger partial charge in [0.05, 0.1) is 0 Å². The van der Waals surface area contributed by atoms with Crippen LogP contribution in [0.5, 0.6) is 0 Å². The molecular formula is C2H6O2Rf-2. The Morgan fingerprint density at radius 3 is 0.800 bits per heavy atom. The Hall–Kier alpha value is -1.08. The molecule has 0 fully saturated rings. The first-order chi connectivity index (χ1) is 2.00. The van der Waals surface area contributed by atoms with E-state index < -0.39 is 0 Å². The van der Waals surface area contributed by atoms with E-state index in [0.29, 0.717) is 0 Å². The number of hydrogen-bond donors (Lipinski definition) is 2. The van der Waals surface area contributed by atoms with E-state index in [4.69, 9.17) is 10.2 Å². The largest absolute Gasteiger partial charge is 0.569 e. The maximum absolute atomic E-state index is 6.75. The van der Waals surface area contributed by atoms with Gasteiger partial charge in [-0.3, -0.25) is 0 Å². The van der Waals surface area contributed by atoms with Gasteiger partial charge in [0.1, 0.15) is 0 Å². The first-order valence-corrected chi connectivity index (χ1v) is 0.632. The van der Waals surface area contributed by atoms with Crippen LogP contribution >= 0.6 is 0 Å². The minimum absolute atomic E-state index is 0. The predicted molar refractivity (Wildman–Crippen MR) is 14.6 cm³/mol. The van der Waals surface area contributed by atoms with Crippen LogP contribution in [0, 0.1) is 14.2 Å². The number of hydrogen-bond acceptors (Lipinski definition) is 2. The molecular weight excluding hydrogens is 323 g/mol. The van der Waals surface area contributed by atoms with E-state index in [0.717, 1.165) is 0 Å². The van der Waals surface area contributed by atoms with Gasteiger partial charge in [-0.15, -0.1) is 0 Å². The van der Waals surface area contributed by atoms with Crippen LogP contribution in [-0.2, 0) is 0 Å². The Labute approximate surface area is 25.7 Å². The fourth-order valence-electron chi connectivity index (χ4n) is 0. The smallest absolute Gasteiger partial charge is 0 e. The summed E-state index contributed by atoms with van der Waals surface area (Å²) in [7, 11) is 4.50. The van der Waals surface area contributed by atoms with E-state index in [2.05, 4.69) is 14.2 Å². The maximum Gasteiger partial charge on any atom is 0 e. The van der Waals surface area contributed by atoms with E-state index >= 15 is 0 Å². The topological polar surface area (TPSA) is 40.5 Å². The summed E-state index contributed by atoms with van der Waals surface area (Å²) in [4.78, 5) is 0. The van der Waals surface area contributed by atoms with Crippen LogP contribution in [0.25, 0.3) is 0 Å². The van der Waals surface area contributed by atoms with Gasteiger partial charge in [-0.05, 0) is 0 Å². The van der Waals surface area contributed by atoms with E-state index in [-0.39, 0.29) is 0 Å². The zero-order valence-corrected chi connectivity index (χ0v) is 9.41. The molecule has 2 N–H and O–H groups in total. The van der Waals surface area contributed by atoms with E-state index in [1.807, 2.05) is 0 Å². The van der Waals surface area contributed by atoms with Gasteiger partial charge in [0.2, 0.25) is 0 Å². The molecule has 0 rings (SSSR count). The second-order valence-corrected chi connectivity index (χ2v) is 0. The third kappa shape index (κ3) is 2.12. The number of aliphatic hydroxyl groups is 2. The molecule has 0 aromatic heterocycles. The van der Waals surface area contributed by atoms with Gasteiger partial charge in [0.25, 0.3) is 0 Å². The van der Waals surface area contributed by atoms with Crippen molar-refractivity contribution in [1.29, 1.82) is 0 Å². The molecule has 0 unspecified atom stereocenters. The van der Waals surface area contributed by atoms with Crippen molar-refractivity contribution in [2.75, 3.05) is 0 Å². The average molecular weight is 329 g/mol. The van der Waals surface area contributed by atoms with E-state index in [1.165, 1.54) is 0 Å². The molecule has 0 amide bonds. The summed E-state index contributed by atoms with van der Waals surface area (Å²) in [5.41, 5.74) is 0. The molecule has 0 aromatic rings. The normalized spacial score (nSPS) is 2.40. The Balaban J connectivity index is -0.0000000133. The summed E-state index contributed by atoms with van der Waals surface area (Å²) in [5, 5.41) is 13.5. The molecule has 0 saturated heterocycles. The molecule has 0 spiro atoms. The van der Waals surface area contributed by atoms with Crippen LogP contribution in [-0.4, -0.2) is 10.2 Å². The van der Waals surface area contributed by atoms with Crippen LogP contribution in [0.3, 0.4) is 0 Å². The van der Waals surface area contributed by atoms with Gasteiger partial charge < -0.3 is 10.2 Å². The molecule has 5 heavy (non-hydrogen) atoms. The Kier molecular flexibility index (Phi) is 72.9. The van der Waals surface area contributed by atoms with Gasteiger partial charge in [-0.2, -0.15) is 0 Å². The number of aliphatic hydroxyl groups excluding tert-OH is 2. The first-order valence-electron chi connectivity index (χ1n) is 0.632. The molecule has 0 aromatic carbocycles. The zero-order chi connectivity index (χ0) is 4.00. The summed E-state index contributed by atoms with van der Waals surface area (Å²) in [5.74, 6) is 0. The maximum atomic E-state index is 6.75. The zero-order valence-electron chi connectivity index (χ0n) is 3.02. The molecule has 0 radical (unpaired) electrons. The minimum atomic E-state index is 0. The average Bonchev–Trinajstić information content (AvgIpc) is 1.50. The summed E-state index contributed by atoms with van der Waals surface area (Å²) in [6.07, 6.45) is 0. The molecule has 0 aliphatic rings.